The van der Waals surface area contributed by atoms with Crippen LogP contribution in [0.15, 0.2) is 30.9 Å². The van der Waals surface area contributed by atoms with E-state index >= 15 is 0 Å². The van der Waals surface area contributed by atoms with Crippen molar-refractivity contribution in [3.8, 4) is 0 Å². The van der Waals surface area contributed by atoms with Crippen LogP contribution in [-0.4, -0.2) is 11.1 Å². The van der Waals surface area contributed by atoms with Crippen molar-refractivity contribution in [3.05, 3.63) is 46.5 Å². The molecular weight excluding hydrogens is 247 g/mol. The van der Waals surface area contributed by atoms with Gasteiger partial charge in [0.15, 0.2) is 0 Å². The number of allylic oxidation sites excluding steroid dienone is 1. The Kier molecular flexibility index (Phi) is 4.00. The van der Waals surface area contributed by atoms with Crippen molar-refractivity contribution in [2.75, 3.05) is 0 Å². The number of carbonyl (C=O) groups is 1. The Hall–Kier alpha value is -0.990. The van der Waals surface area contributed by atoms with E-state index in [9.17, 15) is 9.90 Å². The molecule has 1 unspecified atom stereocenters. The molecule has 2 nitrogen and oxygen atoms in total. The largest absolute Gasteiger partial charge is 0.481 e. The van der Waals surface area contributed by atoms with E-state index in [-0.39, 0.29) is 0 Å². The van der Waals surface area contributed by atoms with Gasteiger partial charge in [0.25, 0.3) is 0 Å². The summed E-state index contributed by atoms with van der Waals surface area (Å²) in [5, 5.41) is 10.0. The molecule has 1 N–H and O–H groups in total. The van der Waals surface area contributed by atoms with E-state index in [1.807, 2.05) is 0 Å². The molecule has 0 aromatic heterocycles. The predicted molar refractivity (Wildman–Crippen MR) is 66.3 cm³/mol. The molecule has 0 amide bonds. The zero-order valence-electron chi connectivity index (χ0n) is 8.84. The molecular formula is C12H12Cl2O2. The molecule has 1 atom stereocenters. The molecule has 0 radical (unpaired) electrons. The summed E-state index contributed by atoms with van der Waals surface area (Å²) in [6.45, 7) is 5.21. The van der Waals surface area contributed by atoms with E-state index < -0.39 is 11.4 Å². The molecule has 4 heteroatoms. The fourth-order valence-electron chi connectivity index (χ4n) is 1.46. The monoisotopic (exact) mass is 258 g/mol. The number of carboxylic acids is 1. The molecule has 0 aliphatic rings. The van der Waals surface area contributed by atoms with Crippen molar-refractivity contribution in [3.63, 3.8) is 0 Å². The summed E-state index contributed by atoms with van der Waals surface area (Å²) in [7, 11) is 0. The van der Waals surface area contributed by atoms with E-state index in [0.29, 0.717) is 22.0 Å². The highest BCUT2D eigenvalue weighted by Crippen LogP contribution is 2.33. The topological polar surface area (TPSA) is 37.3 Å². The first kappa shape index (κ1) is 13.1. The molecule has 0 saturated carbocycles. The van der Waals surface area contributed by atoms with Gasteiger partial charge in [-0.1, -0.05) is 35.3 Å². The third-order valence-electron chi connectivity index (χ3n) is 2.58. The quantitative estimate of drug-likeness (QED) is 0.832. The molecule has 0 aliphatic heterocycles. The molecule has 0 saturated heterocycles. The van der Waals surface area contributed by atoms with Crippen LogP contribution < -0.4 is 0 Å². The number of aliphatic carboxylic acids is 1. The van der Waals surface area contributed by atoms with E-state index in [2.05, 4.69) is 6.58 Å². The minimum absolute atomic E-state index is 0.334. The van der Waals surface area contributed by atoms with Crippen molar-refractivity contribution in [1.29, 1.82) is 0 Å². The van der Waals surface area contributed by atoms with E-state index in [0.717, 1.165) is 0 Å². The van der Waals surface area contributed by atoms with Crippen molar-refractivity contribution in [2.24, 2.45) is 0 Å². The zero-order chi connectivity index (χ0) is 12.3. The number of hydrogen-bond donors (Lipinski definition) is 1. The second-order valence-electron chi connectivity index (χ2n) is 3.76. The summed E-state index contributed by atoms with van der Waals surface area (Å²) >= 11 is 11.7. The van der Waals surface area contributed by atoms with Gasteiger partial charge in [0.1, 0.15) is 0 Å². The van der Waals surface area contributed by atoms with Crippen LogP contribution in [0.5, 0.6) is 0 Å². The lowest BCUT2D eigenvalue weighted by molar-refractivity contribution is -0.143. The minimum Gasteiger partial charge on any atom is -0.481 e. The third-order valence-corrected chi connectivity index (χ3v) is 3.32. The average molecular weight is 259 g/mol. The van der Waals surface area contributed by atoms with E-state index in [1.54, 1.807) is 31.2 Å². The first-order valence-electron chi connectivity index (χ1n) is 4.71. The Morgan fingerprint density at radius 1 is 1.50 bits per heavy atom. The lowest BCUT2D eigenvalue weighted by Crippen LogP contribution is -2.31. The predicted octanol–water partition coefficient (Wildman–Crippen LogP) is 3.91. The van der Waals surface area contributed by atoms with Gasteiger partial charge in [-0.25, -0.2) is 0 Å². The van der Waals surface area contributed by atoms with Crippen LogP contribution >= 0.6 is 23.2 Å². The van der Waals surface area contributed by atoms with Crippen molar-refractivity contribution < 1.29 is 9.90 Å². The maximum atomic E-state index is 11.3. The maximum absolute atomic E-state index is 11.3. The van der Waals surface area contributed by atoms with E-state index in [1.165, 1.54) is 0 Å². The molecule has 0 fully saturated rings. The highest BCUT2D eigenvalue weighted by atomic mass is 35.5. The van der Waals surface area contributed by atoms with E-state index in [4.69, 9.17) is 23.2 Å². The second kappa shape index (κ2) is 4.89. The van der Waals surface area contributed by atoms with Gasteiger partial charge < -0.3 is 5.11 Å². The maximum Gasteiger partial charge on any atom is 0.314 e. The lowest BCUT2D eigenvalue weighted by Gasteiger charge is -2.24. The van der Waals surface area contributed by atoms with Crippen LogP contribution in [0.4, 0.5) is 0 Å². The van der Waals surface area contributed by atoms with Crippen LogP contribution in [0.25, 0.3) is 0 Å². The number of rotatable bonds is 4. The summed E-state index contributed by atoms with van der Waals surface area (Å²) in [4.78, 5) is 11.3. The SMILES string of the molecule is C=CCC(C)(C(=O)O)c1ccc(Cl)c(Cl)c1. The lowest BCUT2D eigenvalue weighted by atomic mass is 9.79. The number of hydrogen-bond acceptors (Lipinski definition) is 1. The Morgan fingerprint density at radius 2 is 2.12 bits per heavy atom. The van der Waals surface area contributed by atoms with Gasteiger partial charge in [-0.3, -0.25) is 4.79 Å². The van der Waals surface area contributed by atoms with Crippen molar-refractivity contribution >= 4 is 29.2 Å². The van der Waals surface area contributed by atoms with Crippen LogP contribution in [0, 0.1) is 0 Å². The fraction of sp³-hybridized carbons (Fsp3) is 0.250. The Bertz CT molecular complexity index is 429. The highest BCUT2D eigenvalue weighted by molar-refractivity contribution is 6.42. The molecule has 1 aromatic carbocycles. The Labute approximate surface area is 104 Å². The Morgan fingerprint density at radius 3 is 2.56 bits per heavy atom. The number of halogens is 2. The molecule has 0 spiro atoms. The first-order chi connectivity index (χ1) is 7.41. The standard InChI is InChI=1S/C12H12Cl2O2/c1-3-6-12(2,11(15)16)8-4-5-9(13)10(14)7-8/h3-5,7H,1,6H2,2H3,(H,15,16). The van der Waals surface area contributed by atoms with Crippen molar-refractivity contribution in [2.45, 2.75) is 18.8 Å². The van der Waals surface area contributed by atoms with Crippen LogP contribution in [0.2, 0.25) is 10.0 Å². The minimum atomic E-state index is -1.02. The van der Waals surface area contributed by atoms with Gasteiger partial charge in [-0.05, 0) is 31.0 Å². The number of carboxylic acid groups (broad SMARTS) is 1. The smallest absolute Gasteiger partial charge is 0.314 e. The van der Waals surface area contributed by atoms with Gasteiger partial charge in [0.05, 0.1) is 15.5 Å². The van der Waals surface area contributed by atoms with Crippen molar-refractivity contribution in [1.82, 2.24) is 0 Å². The highest BCUT2D eigenvalue weighted by Gasteiger charge is 2.34. The molecule has 16 heavy (non-hydrogen) atoms. The molecule has 86 valence electrons. The average Bonchev–Trinajstić information content (AvgIpc) is 2.22. The summed E-state index contributed by atoms with van der Waals surface area (Å²) in [6, 6.07) is 4.86. The van der Waals surface area contributed by atoms with Gasteiger partial charge in [-0.15, -0.1) is 6.58 Å². The van der Waals surface area contributed by atoms with Gasteiger partial charge >= 0.3 is 5.97 Å². The molecule has 0 aliphatic carbocycles. The number of benzene rings is 1. The van der Waals surface area contributed by atoms with Crippen LogP contribution in [0.3, 0.4) is 0 Å². The van der Waals surface area contributed by atoms with Crippen LogP contribution in [-0.2, 0) is 10.2 Å². The first-order valence-corrected chi connectivity index (χ1v) is 5.47. The van der Waals surface area contributed by atoms with Crippen LogP contribution in [0.1, 0.15) is 18.9 Å². The fourth-order valence-corrected chi connectivity index (χ4v) is 1.75. The summed E-state index contributed by atoms with van der Waals surface area (Å²) in [5.41, 5.74) is -0.398. The Balaban J connectivity index is 3.26. The normalized spacial score (nSPS) is 14.2. The second-order valence-corrected chi connectivity index (χ2v) is 4.57. The molecule has 1 rings (SSSR count). The third kappa shape index (κ3) is 2.39. The molecule has 1 aromatic rings. The van der Waals surface area contributed by atoms with Gasteiger partial charge in [0, 0.05) is 0 Å². The summed E-state index contributed by atoms with van der Waals surface area (Å²) in [6.07, 6.45) is 1.91. The zero-order valence-corrected chi connectivity index (χ0v) is 10.3. The molecule has 0 heterocycles. The summed E-state index contributed by atoms with van der Waals surface area (Å²) < 4.78 is 0. The van der Waals surface area contributed by atoms with Gasteiger partial charge in [0.2, 0.25) is 0 Å². The van der Waals surface area contributed by atoms with Gasteiger partial charge in [-0.2, -0.15) is 0 Å². The molecule has 0 bridgehead atoms. The summed E-state index contributed by atoms with van der Waals surface area (Å²) in [5.74, 6) is -0.911.